The van der Waals surface area contributed by atoms with E-state index >= 15 is 0 Å². The van der Waals surface area contributed by atoms with Gasteiger partial charge < -0.3 is 14.8 Å². The third-order valence-electron chi connectivity index (χ3n) is 3.67. The first-order valence-electron chi connectivity index (χ1n) is 6.00. The quantitative estimate of drug-likeness (QED) is 0.809. The minimum Gasteiger partial charge on any atom is -0.453 e. The van der Waals surface area contributed by atoms with Crippen LogP contribution in [0.2, 0.25) is 10.0 Å². The van der Waals surface area contributed by atoms with Gasteiger partial charge in [0.15, 0.2) is 11.5 Å². The minimum atomic E-state index is 0.163. The van der Waals surface area contributed by atoms with E-state index in [-0.39, 0.29) is 12.8 Å². The van der Waals surface area contributed by atoms with E-state index in [0.717, 1.165) is 17.5 Å². The Morgan fingerprint density at radius 3 is 2.89 bits per heavy atom. The molecule has 1 aromatic heterocycles. The van der Waals surface area contributed by atoms with E-state index in [4.69, 9.17) is 32.7 Å². The summed E-state index contributed by atoms with van der Waals surface area (Å²) in [5, 5.41) is 5.09. The van der Waals surface area contributed by atoms with Crippen molar-refractivity contribution in [3.8, 4) is 11.5 Å². The zero-order valence-electron chi connectivity index (χ0n) is 10.1. The lowest BCUT2D eigenvalue weighted by Gasteiger charge is -2.13. The Morgan fingerprint density at radius 1 is 1.26 bits per heavy atom. The van der Waals surface area contributed by atoms with Gasteiger partial charge in [-0.3, -0.25) is 4.98 Å². The van der Waals surface area contributed by atoms with Crippen molar-refractivity contribution in [2.24, 2.45) is 0 Å². The predicted molar refractivity (Wildman–Crippen MR) is 73.1 cm³/mol. The predicted octanol–water partition coefficient (Wildman–Crippen LogP) is 3.43. The van der Waals surface area contributed by atoms with Gasteiger partial charge >= 0.3 is 0 Å². The maximum atomic E-state index is 6.31. The third kappa shape index (κ3) is 1.42. The van der Waals surface area contributed by atoms with Crippen molar-refractivity contribution in [3.05, 3.63) is 27.4 Å². The molecule has 6 heteroatoms. The van der Waals surface area contributed by atoms with Crippen LogP contribution >= 0.6 is 23.2 Å². The SMILES string of the molecule is C[C@@H]1NCc2cnc3c(Cl)c(Cl)c4c(c3c21)OCO4. The summed E-state index contributed by atoms with van der Waals surface area (Å²) in [6, 6.07) is 0.228. The van der Waals surface area contributed by atoms with Gasteiger partial charge in [0.1, 0.15) is 5.02 Å². The molecule has 1 aromatic carbocycles. The summed E-state index contributed by atoms with van der Waals surface area (Å²) < 4.78 is 11.0. The number of nitrogens with zero attached hydrogens (tertiary/aromatic N) is 1. The van der Waals surface area contributed by atoms with Crippen LogP contribution in [0.15, 0.2) is 6.20 Å². The van der Waals surface area contributed by atoms with Crippen molar-refractivity contribution in [2.75, 3.05) is 6.79 Å². The van der Waals surface area contributed by atoms with Crippen LogP contribution in [0.4, 0.5) is 0 Å². The Kier molecular flexibility index (Phi) is 2.37. The summed E-state index contributed by atoms with van der Waals surface area (Å²) in [5.41, 5.74) is 3.01. The number of nitrogens with one attached hydrogen (secondary N) is 1. The van der Waals surface area contributed by atoms with Crippen LogP contribution in [0.25, 0.3) is 10.9 Å². The second kappa shape index (κ2) is 3.88. The van der Waals surface area contributed by atoms with E-state index in [2.05, 4.69) is 17.2 Å². The number of aromatic nitrogens is 1. The molecule has 0 unspecified atom stereocenters. The molecule has 4 rings (SSSR count). The maximum Gasteiger partial charge on any atom is 0.231 e. The molecule has 1 atom stereocenters. The summed E-state index contributed by atoms with van der Waals surface area (Å²) in [7, 11) is 0. The van der Waals surface area contributed by atoms with Crippen molar-refractivity contribution >= 4 is 34.1 Å². The fourth-order valence-electron chi connectivity index (χ4n) is 2.79. The van der Waals surface area contributed by atoms with Gasteiger partial charge in [-0.05, 0) is 18.1 Å². The maximum absolute atomic E-state index is 6.31. The molecule has 0 radical (unpaired) electrons. The van der Waals surface area contributed by atoms with Gasteiger partial charge in [0.25, 0.3) is 0 Å². The number of rotatable bonds is 0. The third-order valence-corrected chi connectivity index (χ3v) is 4.50. The van der Waals surface area contributed by atoms with E-state index in [1.165, 1.54) is 5.56 Å². The number of hydrogen-bond donors (Lipinski definition) is 1. The molecule has 0 bridgehead atoms. The van der Waals surface area contributed by atoms with E-state index in [0.29, 0.717) is 27.1 Å². The number of benzene rings is 1. The van der Waals surface area contributed by atoms with Crippen LogP contribution < -0.4 is 14.8 Å². The molecule has 1 N–H and O–H groups in total. The van der Waals surface area contributed by atoms with E-state index in [1.54, 1.807) is 0 Å². The Bertz CT molecular complexity index is 718. The molecule has 3 heterocycles. The summed E-state index contributed by atoms with van der Waals surface area (Å²) in [6.07, 6.45) is 1.85. The fourth-order valence-corrected chi connectivity index (χ4v) is 3.25. The average molecular weight is 297 g/mol. The number of ether oxygens (including phenoxy) is 2. The molecule has 4 nitrogen and oxygen atoms in total. The highest BCUT2D eigenvalue weighted by molar-refractivity contribution is 6.46. The normalized spacial score (nSPS) is 20.1. The molecule has 0 saturated carbocycles. The average Bonchev–Trinajstić information content (AvgIpc) is 3.03. The number of pyridine rings is 1. The smallest absolute Gasteiger partial charge is 0.231 e. The standard InChI is InChI=1S/C13H10Cl2N2O2/c1-5-7-6(2-16-5)3-17-11-8(7)12-13(19-4-18-12)10(15)9(11)14/h3,5,16H,2,4H2,1H3/t5-/m0/s1. The minimum absolute atomic E-state index is 0.163. The first-order chi connectivity index (χ1) is 9.18. The lowest BCUT2D eigenvalue weighted by molar-refractivity contribution is 0.175. The first kappa shape index (κ1) is 11.6. The molecule has 98 valence electrons. The summed E-state index contributed by atoms with van der Waals surface area (Å²) in [5.74, 6) is 1.18. The highest BCUT2D eigenvalue weighted by Gasteiger charge is 2.31. The Labute approximate surface area is 119 Å². The molecule has 2 aromatic rings. The van der Waals surface area contributed by atoms with E-state index in [1.807, 2.05) is 6.20 Å². The van der Waals surface area contributed by atoms with Crippen molar-refractivity contribution in [2.45, 2.75) is 19.5 Å². The van der Waals surface area contributed by atoms with Gasteiger partial charge in [0, 0.05) is 18.8 Å². The second-order valence-corrected chi connectivity index (χ2v) is 5.47. The molecule has 0 amide bonds. The molecule has 0 spiro atoms. The van der Waals surface area contributed by atoms with Gasteiger partial charge in [0.05, 0.1) is 15.9 Å². The first-order valence-corrected chi connectivity index (χ1v) is 6.75. The van der Waals surface area contributed by atoms with Crippen LogP contribution in [0.5, 0.6) is 11.5 Å². The van der Waals surface area contributed by atoms with Gasteiger partial charge in [-0.25, -0.2) is 0 Å². The van der Waals surface area contributed by atoms with Crippen LogP contribution in [0, 0.1) is 0 Å². The number of hydrogen-bond acceptors (Lipinski definition) is 4. The zero-order valence-corrected chi connectivity index (χ0v) is 11.6. The number of fused-ring (bicyclic) bond motifs is 5. The van der Waals surface area contributed by atoms with Crippen molar-refractivity contribution in [3.63, 3.8) is 0 Å². The Hall–Kier alpha value is -1.23. The van der Waals surface area contributed by atoms with Crippen LogP contribution in [-0.4, -0.2) is 11.8 Å². The molecular weight excluding hydrogens is 287 g/mol. The summed E-state index contributed by atoms with van der Waals surface area (Å²) in [6.45, 7) is 3.07. The van der Waals surface area contributed by atoms with Crippen LogP contribution in [-0.2, 0) is 6.54 Å². The van der Waals surface area contributed by atoms with Gasteiger partial charge in [-0.2, -0.15) is 0 Å². The monoisotopic (exact) mass is 296 g/mol. The van der Waals surface area contributed by atoms with Crippen molar-refractivity contribution < 1.29 is 9.47 Å². The lowest BCUT2D eigenvalue weighted by atomic mass is 10.0. The van der Waals surface area contributed by atoms with Crippen molar-refractivity contribution in [1.82, 2.24) is 10.3 Å². The van der Waals surface area contributed by atoms with E-state index < -0.39 is 0 Å². The van der Waals surface area contributed by atoms with E-state index in [9.17, 15) is 0 Å². The Balaban J connectivity index is 2.21. The molecule has 2 aliphatic heterocycles. The molecule has 0 aliphatic carbocycles. The second-order valence-electron chi connectivity index (χ2n) is 4.72. The van der Waals surface area contributed by atoms with Gasteiger partial charge in [0.2, 0.25) is 6.79 Å². The Morgan fingerprint density at radius 2 is 2.05 bits per heavy atom. The molecule has 0 fully saturated rings. The fraction of sp³-hybridized carbons (Fsp3) is 0.308. The van der Waals surface area contributed by atoms with Crippen molar-refractivity contribution in [1.29, 1.82) is 0 Å². The number of halogens is 2. The largest absolute Gasteiger partial charge is 0.453 e. The molecular formula is C13H10Cl2N2O2. The molecule has 2 aliphatic rings. The molecule has 19 heavy (non-hydrogen) atoms. The van der Waals surface area contributed by atoms with Crippen LogP contribution in [0.3, 0.4) is 0 Å². The zero-order chi connectivity index (χ0) is 13.1. The summed E-state index contributed by atoms with van der Waals surface area (Å²) in [4.78, 5) is 4.43. The van der Waals surface area contributed by atoms with Crippen LogP contribution in [0.1, 0.15) is 24.1 Å². The topological polar surface area (TPSA) is 43.4 Å². The lowest BCUT2D eigenvalue weighted by Crippen LogP contribution is -2.07. The highest BCUT2D eigenvalue weighted by atomic mass is 35.5. The van der Waals surface area contributed by atoms with Gasteiger partial charge in [-0.1, -0.05) is 23.2 Å². The molecule has 0 saturated heterocycles. The highest BCUT2D eigenvalue weighted by Crippen LogP contribution is 2.51. The van der Waals surface area contributed by atoms with Gasteiger partial charge in [-0.15, -0.1) is 0 Å². The summed E-state index contributed by atoms with van der Waals surface area (Å²) >= 11 is 12.5.